The smallest absolute Gasteiger partial charge is 0.315 e. The van der Waals surface area contributed by atoms with Gasteiger partial charge in [-0.2, -0.15) is 0 Å². The van der Waals surface area contributed by atoms with E-state index in [0.29, 0.717) is 18.2 Å². The highest BCUT2D eigenvalue weighted by molar-refractivity contribution is 8.00. The maximum absolute atomic E-state index is 12.5. The minimum Gasteiger partial charge on any atom is -0.465 e. The number of aryl methyl sites for hydroxylation is 1. The normalized spacial score (nSPS) is 11.7. The molecule has 1 unspecified atom stereocenters. The van der Waals surface area contributed by atoms with E-state index in [4.69, 9.17) is 9.26 Å². The van der Waals surface area contributed by atoms with Crippen LogP contribution in [0.5, 0.6) is 0 Å². The highest BCUT2D eigenvalue weighted by Crippen LogP contribution is 2.30. The number of aromatic nitrogens is 1. The summed E-state index contributed by atoms with van der Waals surface area (Å²) in [4.78, 5) is 24.1. The Bertz CT molecular complexity index is 657. The van der Waals surface area contributed by atoms with Gasteiger partial charge in [0.15, 0.2) is 5.82 Å². The third kappa shape index (κ3) is 5.14. The Labute approximate surface area is 138 Å². The van der Waals surface area contributed by atoms with Gasteiger partial charge in [0.1, 0.15) is 11.0 Å². The Morgan fingerprint density at radius 1 is 1.35 bits per heavy atom. The van der Waals surface area contributed by atoms with Crippen molar-refractivity contribution in [1.29, 1.82) is 0 Å². The standard InChI is InChI=1S/C16H18N2O4S/c1-3-21-14(19)10-23-15(12-7-5-4-6-8-12)16(20)17-13-9-11(2)22-18-13/h4-9,15H,3,10H2,1-2H3,(H,17,18,20). The van der Waals surface area contributed by atoms with Crippen LogP contribution < -0.4 is 5.32 Å². The van der Waals surface area contributed by atoms with Crippen molar-refractivity contribution in [2.75, 3.05) is 17.7 Å². The fourth-order valence-electron chi connectivity index (χ4n) is 1.92. The molecule has 2 rings (SSSR count). The predicted octanol–water partition coefficient (Wildman–Crippen LogP) is 2.96. The number of benzene rings is 1. The van der Waals surface area contributed by atoms with Gasteiger partial charge in [0.05, 0.1) is 12.4 Å². The molecule has 23 heavy (non-hydrogen) atoms. The number of carbonyl (C=O) groups excluding carboxylic acids is 2. The third-order valence-electron chi connectivity index (χ3n) is 2.89. The van der Waals surface area contributed by atoms with E-state index in [9.17, 15) is 9.59 Å². The van der Waals surface area contributed by atoms with Gasteiger partial charge in [-0.15, -0.1) is 11.8 Å². The Morgan fingerprint density at radius 2 is 2.09 bits per heavy atom. The predicted molar refractivity (Wildman–Crippen MR) is 88.1 cm³/mol. The van der Waals surface area contributed by atoms with E-state index in [1.807, 2.05) is 30.3 Å². The van der Waals surface area contributed by atoms with E-state index in [1.54, 1.807) is 19.9 Å². The first-order chi connectivity index (χ1) is 11.1. The Hall–Kier alpha value is -2.28. The Morgan fingerprint density at radius 3 is 2.70 bits per heavy atom. The fourth-order valence-corrected chi connectivity index (χ4v) is 2.87. The monoisotopic (exact) mass is 334 g/mol. The first-order valence-corrected chi connectivity index (χ1v) is 8.21. The van der Waals surface area contributed by atoms with Crippen LogP contribution in [-0.2, 0) is 14.3 Å². The quantitative estimate of drug-likeness (QED) is 0.784. The zero-order valence-electron chi connectivity index (χ0n) is 12.9. The number of rotatable bonds is 7. The van der Waals surface area contributed by atoms with Gasteiger partial charge < -0.3 is 14.6 Å². The topological polar surface area (TPSA) is 81.4 Å². The van der Waals surface area contributed by atoms with Gasteiger partial charge in [-0.05, 0) is 19.4 Å². The molecule has 0 radical (unpaired) electrons. The minimum absolute atomic E-state index is 0.0959. The second-order valence-corrected chi connectivity index (χ2v) is 5.81. The lowest BCUT2D eigenvalue weighted by Gasteiger charge is -2.15. The van der Waals surface area contributed by atoms with Gasteiger partial charge >= 0.3 is 5.97 Å². The van der Waals surface area contributed by atoms with Crippen molar-refractivity contribution in [3.63, 3.8) is 0 Å². The van der Waals surface area contributed by atoms with E-state index in [0.717, 1.165) is 5.56 Å². The molecular weight excluding hydrogens is 316 g/mol. The number of thioether (sulfide) groups is 1. The molecular formula is C16H18N2O4S. The lowest BCUT2D eigenvalue weighted by molar-refractivity contribution is -0.139. The molecule has 0 fully saturated rings. The van der Waals surface area contributed by atoms with Gasteiger partial charge in [-0.3, -0.25) is 9.59 Å². The Kier molecular flexibility index (Phi) is 6.22. The van der Waals surface area contributed by atoms with Gasteiger partial charge in [-0.1, -0.05) is 35.5 Å². The minimum atomic E-state index is -0.544. The molecule has 1 heterocycles. The third-order valence-corrected chi connectivity index (χ3v) is 4.11. The van der Waals surface area contributed by atoms with Crippen molar-refractivity contribution in [2.24, 2.45) is 0 Å². The van der Waals surface area contributed by atoms with E-state index in [2.05, 4.69) is 10.5 Å². The summed E-state index contributed by atoms with van der Waals surface area (Å²) in [6, 6.07) is 10.9. The number of amides is 1. The van der Waals surface area contributed by atoms with Crippen molar-refractivity contribution < 1.29 is 18.8 Å². The summed E-state index contributed by atoms with van der Waals surface area (Å²) < 4.78 is 9.85. The van der Waals surface area contributed by atoms with Gasteiger partial charge in [0.25, 0.3) is 0 Å². The molecule has 0 aliphatic rings. The molecule has 7 heteroatoms. The zero-order valence-corrected chi connectivity index (χ0v) is 13.8. The molecule has 1 amide bonds. The van der Waals surface area contributed by atoms with Crippen molar-refractivity contribution in [1.82, 2.24) is 5.16 Å². The summed E-state index contributed by atoms with van der Waals surface area (Å²) in [5.74, 6) is 0.446. The first-order valence-electron chi connectivity index (χ1n) is 7.16. The molecule has 0 bridgehead atoms. The number of hydrogen-bond donors (Lipinski definition) is 1. The first kappa shape index (κ1) is 17.1. The highest BCUT2D eigenvalue weighted by Gasteiger charge is 2.23. The Balaban J connectivity index is 2.09. The van der Waals surface area contributed by atoms with Crippen LogP contribution in [0.3, 0.4) is 0 Å². The van der Waals surface area contributed by atoms with E-state index in [1.165, 1.54) is 11.8 Å². The maximum Gasteiger partial charge on any atom is 0.315 e. The van der Waals surface area contributed by atoms with Crippen molar-refractivity contribution in [2.45, 2.75) is 19.1 Å². The number of nitrogens with zero attached hydrogens (tertiary/aromatic N) is 1. The summed E-state index contributed by atoms with van der Waals surface area (Å²) in [6.07, 6.45) is 0. The van der Waals surface area contributed by atoms with Crippen LogP contribution in [-0.4, -0.2) is 29.4 Å². The summed E-state index contributed by atoms with van der Waals surface area (Å²) in [5.41, 5.74) is 0.805. The molecule has 6 nitrogen and oxygen atoms in total. The van der Waals surface area contributed by atoms with Gasteiger partial charge in [0, 0.05) is 6.07 Å². The second-order valence-electron chi connectivity index (χ2n) is 4.72. The number of carbonyl (C=O) groups is 2. The summed E-state index contributed by atoms with van der Waals surface area (Å²) in [7, 11) is 0. The van der Waals surface area contributed by atoms with Crippen LogP contribution in [0.1, 0.15) is 23.5 Å². The van der Waals surface area contributed by atoms with Crippen molar-refractivity contribution >= 4 is 29.5 Å². The lowest BCUT2D eigenvalue weighted by atomic mass is 10.1. The molecule has 1 aromatic heterocycles. The van der Waals surface area contributed by atoms with Gasteiger partial charge in [0.2, 0.25) is 5.91 Å². The molecule has 1 N–H and O–H groups in total. The van der Waals surface area contributed by atoms with E-state index >= 15 is 0 Å². The second kappa shape index (κ2) is 8.38. The van der Waals surface area contributed by atoms with Crippen LogP contribution in [0, 0.1) is 6.92 Å². The highest BCUT2D eigenvalue weighted by atomic mass is 32.2. The van der Waals surface area contributed by atoms with Crippen LogP contribution in [0.25, 0.3) is 0 Å². The number of nitrogens with one attached hydrogen (secondary N) is 1. The summed E-state index contributed by atoms with van der Waals surface area (Å²) in [5, 5.41) is 5.91. The summed E-state index contributed by atoms with van der Waals surface area (Å²) >= 11 is 1.21. The molecule has 0 spiro atoms. The van der Waals surface area contributed by atoms with Crippen LogP contribution in [0.15, 0.2) is 40.9 Å². The molecule has 0 saturated carbocycles. The van der Waals surface area contributed by atoms with Crippen LogP contribution in [0.2, 0.25) is 0 Å². The molecule has 0 aliphatic carbocycles. The average Bonchev–Trinajstić information content (AvgIpc) is 2.94. The average molecular weight is 334 g/mol. The van der Waals surface area contributed by atoms with Crippen LogP contribution in [0.4, 0.5) is 5.82 Å². The van der Waals surface area contributed by atoms with Gasteiger partial charge in [-0.25, -0.2) is 0 Å². The molecule has 1 aromatic carbocycles. The lowest BCUT2D eigenvalue weighted by Crippen LogP contribution is -2.21. The number of hydrogen-bond acceptors (Lipinski definition) is 6. The molecule has 2 aromatic rings. The molecule has 0 saturated heterocycles. The summed E-state index contributed by atoms with van der Waals surface area (Å²) in [6.45, 7) is 3.81. The largest absolute Gasteiger partial charge is 0.465 e. The zero-order chi connectivity index (χ0) is 16.7. The van der Waals surface area contributed by atoms with E-state index < -0.39 is 5.25 Å². The maximum atomic E-state index is 12.5. The van der Waals surface area contributed by atoms with Crippen LogP contribution >= 0.6 is 11.8 Å². The molecule has 122 valence electrons. The SMILES string of the molecule is CCOC(=O)CSC(C(=O)Nc1cc(C)on1)c1ccccc1. The molecule has 1 atom stereocenters. The van der Waals surface area contributed by atoms with E-state index in [-0.39, 0.29) is 17.6 Å². The fraction of sp³-hybridized carbons (Fsp3) is 0.312. The number of esters is 1. The number of anilines is 1. The van der Waals surface area contributed by atoms with Crippen molar-refractivity contribution in [3.05, 3.63) is 47.7 Å². The number of ether oxygens (including phenoxy) is 1. The van der Waals surface area contributed by atoms with Crippen molar-refractivity contribution in [3.8, 4) is 0 Å². The molecule has 0 aliphatic heterocycles.